The number of likely N-dealkylation sites (N-methyl/N-ethyl adjacent to an activating group) is 2. The standard InChI is InChI=1S/C14H27F3N2O4/c1-13(2,3)23-12(21)19(5)7-6-18(4)8-11(20)9-22-10-14(15,16)17/h11,20H,6-10H2,1-5H3/t11-/m1/s1. The second-order valence-corrected chi connectivity index (χ2v) is 6.45. The van der Waals surface area contributed by atoms with E-state index in [4.69, 9.17) is 4.74 Å². The number of alkyl halides is 3. The molecular formula is C14H27F3N2O4. The number of ether oxygens (including phenoxy) is 2. The number of aliphatic hydroxyl groups is 1. The molecule has 0 bridgehead atoms. The first-order chi connectivity index (χ1) is 10.3. The Hall–Kier alpha value is -1.06. The molecule has 6 nitrogen and oxygen atoms in total. The third-order valence-electron chi connectivity index (χ3n) is 2.62. The maximum atomic E-state index is 11.9. The van der Waals surface area contributed by atoms with Crippen molar-refractivity contribution in [3.63, 3.8) is 0 Å². The third-order valence-corrected chi connectivity index (χ3v) is 2.62. The van der Waals surface area contributed by atoms with Crippen LogP contribution in [0.15, 0.2) is 0 Å². The minimum absolute atomic E-state index is 0.139. The van der Waals surface area contributed by atoms with Crippen LogP contribution >= 0.6 is 0 Å². The maximum Gasteiger partial charge on any atom is 0.411 e. The summed E-state index contributed by atoms with van der Waals surface area (Å²) in [4.78, 5) is 14.8. The van der Waals surface area contributed by atoms with Crippen molar-refractivity contribution < 1.29 is 32.5 Å². The monoisotopic (exact) mass is 344 g/mol. The normalized spacial score (nSPS) is 14.0. The number of hydrogen-bond acceptors (Lipinski definition) is 5. The largest absolute Gasteiger partial charge is 0.444 e. The number of halogens is 3. The predicted octanol–water partition coefficient (Wildman–Crippen LogP) is 1.72. The van der Waals surface area contributed by atoms with Gasteiger partial charge in [-0.25, -0.2) is 4.79 Å². The van der Waals surface area contributed by atoms with Crippen molar-refractivity contribution in [1.29, 1.82) is 0 Å². The lowest BCUT2D eigenvalue weighted by Crippen LogP contribution is -2.40. The Labute approximate surface area is 135 Å². The van der Waals surface area contributed by atoms with Crippen molar-refractivity contribution in [2.24, 2.45) is 0 Å². The fourth-order valence-electron chi connectivity index (χ4n) is 1.57. The molecule has 9 heteroatoms. The van der Waals surface area contributed by atoms with Crippen LogP contribution in [0.5, 0.6) is 0 Å². The highest BCUT2D eigenvalue weighted by Gasteiger charge is 2.28. The molecule has 1 atom stereocenters. The molecule has 0 radical (unpaired) electrons. The van der Waals surface area contributed by atoms with Crippen molar-refractivity contribution in [3.8, 4) is 0 Å². The zero-order chi connectivity index (χ0) is 18.3. The minimum Gasteiger partial charge on any atom is -0.444 e. The van der Waals surface area contributed by atoms with E-state index in [2.05, 4.69) is 4.74 Å². The molecule has 0 aromatic carbocycles. The Morgan fingerprint density at radius 1 is 1.17 bits per heavy atom. The Morgan fingerprint density at radius 3 is 2.22 bits per heavy atom. The van der Waals surface area contributed by atoms with E-state index in [1.807, 2.05) is 0 Å². The smallest absolute Gasteiger partial charge is 0.411 e. The second kappa shape index (κ2) is 9.29. The van der Waals surface area contributed by atoms with Gasteiger partial charge >= 0.3 is 12.3 Å². The lowest BCUT2D eigenvalue weighted by Gasteiger charge is -2.27. The van der Waals surface area contributed by atoms with E-state index in [9.17, 15) is 23.1 Å². The molecule has 0 heterocycles. The maximum absolute atomic E-state index is 11.9. The van der Waals surface area contributed by atoms with Gasteiger partial charge in [0, 0.05) is 26.7 Å². The number of nitrogens with zero attached hydrogens (tertiary/aromatic N) is 2. The molecule has 1 N–H and O–H groups in total. The highest BCUT2D eigenvalue weighted by Crippen LogP contribution is 2.14. The third kappa shape index (κ3) is 13.1. The van der Waals surface area contributed by atoms with Gasteiger partial charge in [0.15, 0.2) is 0 Å². The van der Waals surface area contributed by atoms with E-state index >= 15 is 0 Å². The lowest BCUT2D eigenvalue weighted by atomic mass is 10.2. The fourth-order valence-corrected chi connectivity index (χ4v) is 1.57. The molecule has 0 spiro atoms. The van der Waals surface area contributed by atoms with Crippen LogP contribution in [0.25, 0.3) is 0 Å². The van der Waals surface area contributed by atoms with Crippen LogP contribution in [0, 0.1) is 0 Å². The molecule has 0 aliphatic heterocycles. The van der Waals surface area contributed by atoms with E-state index in [0.717, 1.165) is 0 Å². The molecule has 138 valence electrons. The highest BCUT2D eigenvalue weighted by molar-refractivity contribution is 5.67. The van der Waals surface area contributed by atoms with Crippen molar-refractivity contribution in [1.82, 2.24) is 9.80 Å². The SMILES string of the molecule is CN(CCN(C)C(=O)OC(C)(C)C)C[C@@H](O)COCC(F)(F)F. The van der Waals surface area contributed by atoms with Gasteiger partial charge < -0.3 is 24.4 Å². The van der Waals surface area contributed by atoms with Gasteiger partial charge in [-0.05, 0) is 27.8 Å². The topological polar surface area (TPSA) is 62.2 Å². The minimum atomic E-state index is -4.40. The van der Waals surface area contributed by atoms with Gasteiger partial charge in [0.2, 0.25) is 0 Å². The summed E-state index contributed by atoms with van der Waals surface area (Å²) in [6, 6.07) is 0. The molecule has 0 fully saturated rings. The van der Waals surface area contributed by atoms with E-state index in [0.29, 0.717) is 13.1 Å². The highest BCUT2D eigenvalue weighted by atomic mass is 19.4. The van der Waals surface area contributed by atoms with Gasteiger partial charge in [0.25, 0.3) is 0 Å². The molecule has 0 aromatic rings. The number of aliphatic hydroxyl groups excluding tert-OH is 1. The van der Waals surface area contributed by atoms with Crippen LogP contribution in [0.3, 0.4) is 0 Å². The summed E-state index contributed by atoms with van der Waals surface area (Å²) in [5.74, 6) is 0. The van der Waals surface area contributed by atoms with E-state index in [1.54, 1.807) is 39.8 Å². The molecule has 0 aliphatic carbocycles. The summed E-state index contributed by atoms with van der Waals surface area (Å²) >= 11 is 0. The summed E-state index contributed by atoms with van der Waals surface area (Å²) in [6.07, 6.45) is -5.89. The van der Waals surface area contributed by atoms with Crippen LogP contribution in [0.2, 0.25) is 0 Å². The van der Waals surface area contributed by atoms with Gasteiger partial charge in [-0.1, -0.05) is 0 Å². The Bertz CT molecular complexity index is 359. The summed E-state index contributed by atoms with van der Waals surface area (Å²) in [5.41, 5.74) is -0.580. The first kappa shape index (κ1) is 21.9. The number of rotatable bonds is 8. The summed E-state index contributed by atoms with van der Waals surface area (Å²) in [5, 5.41) is 9.60. The summed E-state index contributed by atoms with van der Waals surface area (Å²) in [7, 11) is 3.28. The van der Waals surface area contributed by atoms with Crippen LogP contribution in [0.4, 0.5) is 18.0 Å². The van der Waals surface area contributed by atoms with E-state index in [1.165, 1.54) is 4.90 Å². The van der Waals surface area contributed by atoms with E-state index in [-0.39, 0.29) is 6.54 Å². The van der Waals surface area contributed by atoms with Crippen molar-refractivity contribution in [2.45, 2.75) is 38.7 Å². The molecule has 0 saturated carbocycles. The molecule has 0 aromatic heterocycles. The number of amides is 1. The zero-order valence-corrected chi connectivity index (χ0v) is 14.3. The quantitative estimate of drug-likeness (QED) is 0.727. The van der Waals surface area contributed by atoms with Gasteiger partial charge in [-0.15, -0.1) is 0 Å². The lowest BCUT2D eigenvalue weighted by molar-refractivity contribution is -0.179. The van der Waals surface area contributed by atoms with Crippen molar-refractivity contribution in [2.75, 3.05) is 46.9 Å². The van der Waals surface area contributed by atoms with Gasteiger partial charge in [0.05, 0.1) is 12.7 Å². The number of hydrogen-bond donors (Lipinski definition) is 1. The predicted molar refractivity (Wildman–Crippen MR) is 79.2 cm³/mol. The van der Waals surface area contributed by atoms with Crippen LogP contribution in [-0.2, 0) is 9.47 Å². The van der Waals surface area contributed by atoms with Gasteiger partial charge in [-0.2, -0.15) is 13.2 Å². The number of carbonyl (C=O) groups excluding carboxylic acids is 1. The zero-order valence-electron chi connectivity index (χ0n) is 14.3. The molecule has 0 saturated heterocycles. The van der Waals surface area contributed by atoms with E-state index < -0.39 is 37.2 Å². The fraction of sp³-hybridized carbons (Fsp3) is 0.929. The van der Waals surface area contributed by atoms with Gasteiger partial charge in [-0.3, -0.25) is 0 Å². The molecular weight excluding hydrogens is 317 g/mol. The molecule has 0 aliphatic rings. The molecule has 0 unspecified atom stereocenters. The first-order valence-corrected chi connectivity index (χ1v) is 7.25. The average Bonchev–Trinajstić information content (AvgIpc) is 2.31. The Morgan fingerprint density at radius 2 is 1.74 bits per heavy atom. The van der Waals surface area contributed by atoms with Crippen LogP contribution in [0.1, 0.15) is 20.8 Å². The first-order valence-electron chi connectivity index (χ1n) is 7.25. The Kier molecular flexibility index (Phi) is 8.86. The summed E-state index contributed by atoms with van der Waals surface area (Å²) in [6.45, 7) is 4.46. The number of carbonyl (C=O) groups is 1. The average molecular weight is 344 g/mol. The molecule has 0 rings (SSSR count). The van der Waals surface area contributed by atoms with Crippen LogP contribution < -0.4 is 0 Å². The van der Waals surface area contributed by atoms with Crippen molar-refractivity contribution >= 4 is 6.09 Å². The second-order valence-electron chi connectivity index (χ2n) is 6.45. The van der Waals surface area contributed by atoms with Crippen LogP contribution in [-0.4, -0.2) is 85.8 Å². The Balaban J connectivity index is 3.97. The van der Waals surface area contributed by atoms with Gasteiger partial charge in [0.1, 0.15) is 12.2 Å². The molecule has 23 heavy (non-hydrogen) atoms. The summed E-state index contributed by atoms with van der Waals surface area (Å²) < 4.78 is 45.3. The molecule has 1 amide bonds. The van der Waals surface area contributed by atoms with Crippen molar-refractivity contribution in [3.05, 3.63) is 0 Å².